The van der Waals surface area contributed by atoms with Gasteiger partial charge in [-0.15, -0.1) is 4.90 Å². The number of rotatable bonds is 7. The van der Waals surface area contributed by atoms with Crippen LogP contribution in [0.25, 0.3) is 10.9 Å². The number of ether oxygens (including phenoxy) is 2. The molecule has 200 valence electrons. The Morgan fingerprint density at radius 3 is 2.35 bits per heavy atom. The van der Waals surface area contributed by atoms with Crippen molar-refractivity contribution in [1.82, 2.24) is 14.9 Å². The molecule has 1 fully saturated rings. The van der Waals surface area contributed by atoms with E-state index in [4.69, 9.17) is 9.47 Å². The predicted molar refractivity (Wildman–Crippen MR) is 127 cm³/mol. The molecule has 0 unspecified atom stereocenters. The van der Waals surface area contributed by atoms with Gasteiger partial charge >= 0.3 is 6.10 Å². The van der Waals surface area contributed by atoms with Crippen LogP contribution in [0.3, 0.4) is 0 Å². The molecule has 1 aromatic heterocycles. The maximum Gasteiger partial charge on any atom is 0.354 e. The van der Waals surface area contributed by atoms with Crippen LogP contribution in [-0.4, -0.2) is 82.2 Å². The third-order valence-electron chi connectivity index (χ3n) is 5.72. The van der Waals surface area contributed by atoms with Crippen LogP contribution in [0.4, 0.5) is 15.9 Å². The van der Waals surface area contributed by atoms with Gasteiger partial charge in [-0.2, -0.15) is 0 Å². The largest absolute Gasteiger partial charge is 0.493 e. The number of anilines is 2. The van der Waals surface area contributed by atoms with Crippen LogP contribution in [0.1, 0.15) is 12.8 Å². The van der Waals surface area contributed by atoms with Gasteiger partial charge in [-0.1, -0.05) is 15.9 Å². The molecule has 3 aromatic rings. The van der Waals surface area contributed by atoms with Crippen LogP contribution in [0.5, 0.6) is 11.5 Å². The van der Waals surface area contributed by atoms with E-state index in [1.807, 2.05) is 0 Å². The summed E-state index contributed by atoms with van der Waals surface area (Å²) in [5.74, 6) is -7.19. The number of hydrogen-bond acceptors (Lipinski definition) is 13. The van der Waals surface area contributed by atoms with E-state index in [-0.39, 0.29) is 23.8 Å². The summed E-state index contributed by atoms with van der Waals surface area (Å²) in [5, 5.41) is 72.0. The molecule has 0 spiro atoms. The van der Waals surface area contributed by atoms with Gasteiger partial charge in [-0.3, -0.25) is 0 Å². The number of nitrogens with one attached hydrogen (secondary N) is 1. The first-order chi connectivity index (χ1) is 17.2. The number of aromatic nitrogens is 2. The van der Waals surface area contributed by atoms with Crippen molar-refractivity contribution in [2.45, 2.75) is 30.8 Å². The van der Waals surface area contributed by atoms with Crippen LogP contribution in [0.2, 0.25) is 0 Å². The van der Waals surface area contributed by atoms with Gasteiger partial charge < -0.3 is 50.5 Å². The molecule has 2 heterocycles. The Morgan fingerprint density at radius 2 is 1.76 bits per heavy atom. The Kier molecular flexibility index (Phi) is 7.28. The van der Waals surface area contributed by atoms with Crippen LogP contribution < -0.4 is 14.8 Å². The Hall–Kier alpha value is -2.73. The first-order valence-corrected chi connectivity index (χ1v) is 11.6. The van der Waals surface area contributed by atoms with Crippen LogP contribution in [0, 0.1) is 11.7 Å². The van der Waals surface area contributed by atoms with Gasteiger partial charge in [0.05, 0.1) is 24.9 Å². The Balaban J connectivity index is 1.57. The first kappa shape index (κ1) is 27.3. The van der Waals surface area contributed by atoms with Crippen molar-refractivity contribution < 1.29 is 49.6 Å². The van der Waals surface area contributed by atoms with Gasteiger partial charge in [0.1, 0.15) is 18.0 Å². The molecule has 0 radical (unpaired) electrons. The maximum absolute atomic E-state index is 14.3. The lowest BCUT2D eigenvalue weighted by atomic mass is 9.91. The third kappa shape index (κ3) is 5.74. The van der Waals surface area contributed by atoms with Crippen LogP contribution in [0.15, 0.2) is 41.1 Å². The average molecular weight is 587 g/mol. The second kappa shape index (κ2) is 9.86. The molecule has 0 atom stereocenters. The molecule has 0 bridgehead atoms. The average Bonchev–Trinajstić information content (AvgIpc) is 2.76. The molecular weight excluding hydrogens is 563 g/mol. The summed E-state index contributed by atoms with van der Waals surface area (Å²) in [5.41, 5.74) is 0.572. The molecule has 1 aliphatic heterocycles. The SMILES string of the molecule is COc1cc2c(Nc3ccc(Br)cc3F)ncnc2cc1OCC1CC(O)(O)N(C(O)(O)O)C(O)(O)C1. The number of benzene rings is 2. The molecule has 1 aliphatic rings. The third-order valence-corrected chi connectivity index (χ3v) is 6.21. The number of piperidine rings is 1. The summed E-state index contributed by atoms with van der Waals surface area (Å²) in [6, 6.07) is 7.55. The normalized spacial score (nSPS) is 18.1. The minimum atomic E-state index is -3.93. The minimum absolute atomic E-state index is 0.167. The fourth-order valence-corrected chi connectivity index (χ4v) is 4.61. The van der Waals surface area contributed by atoms with Crippen molar-refractivity contribution in [3.8, 4) is 11.5 Å². The summed E-state index contributed by atoms with van der Waals surface area (Å²) in [6.07, 6.45) is -3.96. The molecule has 1 saturated heterocycles. The number of fused-ring (bicyclic) bond motifs is 1. The molecule has 15 heteroatoms. The fourth-order valence-electron chi connectivity index (χ4n) is 4.28. The Morgan fingerprint density at radius 1 is 1.08 bits per heavy atom. The number of halogens is 2. The fraction of sp³-hybridized carbons (Fsp3) is 0.364. The zero-order valence-corrected chi connectivity index (χ0v) is 20.8. The second-order valence-corrected chi connectivity index (χ2v) is 9.48. The summed E-state index contributed by atoms with van der Waals surface area (Å²) in [7, 11) is 1.38. The smallest absolute Gasteiger partial charge is 0.354 e. The molecule has 8 N–H and O–H groups in total. The van der Waals surface area contributed by atoms with E-state index in [9.17, 15) is 40.1 Å². The van der Waals surface area contributed by atoms with Crippen molar-refractivity contribution in [2.75, 3.05) is 19.0 Å². The van der Waals surface area contributed by atoms with Gasteiger partial charge in [-0.05, 0) is 24.3 Å². The van der Waals surface area contributed by atoms with Gasteiger partial charge in [0, 0.05) is 34.7 Å². The molecular formula is C22H24BrFN4O9. The van der Waals surface area contributed by atoms with E-state index in [0.29, 0.717) is 21.2 Å². The number of likely N-dealkylation sites (tertiary alicyclic amines) is 1. The highest BCUT2D eigenvalue weighted by Gasteiger charge is 2.60. The Bertz CT molecular complexity index is 1290. The highest BCUT2D eigenvalue weighted by Crippen LogP contribution is 2.41. The zero-order valence-electron chi connectivity index (χ0n) is 19.2. The topological polar surface area (TPSA) is 201 Å². The summed E-state index contributed by atoms with van der Waals surface area (Å²) in [4.78, 5) is 7.91. The van der Waals surface area contributed by atoms with Crippen LogP contribution >= 0.6 is 15.9 Å². The standard InChI is InChI=1S/C22H24BrFN4O9/c1-36-17-5-13-16(25-10-26-19(13)27-15-3-2-12(23)4-14(15)24)6-18(17)37-9-11-7-20(29,30)28(22(33,34)35)21(31,32)8-11/h2-6,10-11,29-35H,7-9H2,1H3,(H,25,26,27). The lowest BCUT2D eigenvalue weighted by Crippen LogP contribution is -2.73. The molecule has 2 aromatic carbocycles. The van der Waals surface area contributed by atoms with E-state index >= 15 is 0 Å². The minimum Gasteiger partial charge on any atom is -0.493 e. The molecule has 4 rings (SSSR count). The predicted octanol–water partition coefficient (Wildman–Crippen LogP) is 0.239. The van der Waals surface area contributed by atoms with E-state index in [1.54, 1.807) is 12.1 Å². The molecule has 0 aliphatic carbocycles. The van der Waals surface area contributed by atoms with E-state index in [1.165, 1.54) is 31.6 Å². The highest BCUT2D eigenvalue weighted by molar-refractivity contribution is 9.10. The molecule has 0 saturated carbocycles. The van der Waals surface area contributed by atoms with Gasteiger partial charge in [0.2, 0.25) is 11.8 Å². The van der Waals surface area contributed by atoms with Gasteiger partial charge in [-0.25, -0.2) is 14.4 Å². The number of methoxy groups -OCH3 is 1. The number of aliphatic hydroxyl groups is 7. The summed E-state index contributed by atoms with van der Waals surface area (Å²) >= 11 is 3.20. The first-order valence-electron chi connectivity index (χ1n) is 10.8. The van der Waals surface area contributed by atoms with Crippen molar-refractivity contribution >= 4 is 38.3 Å². The molecule has 37 heavy (non-hydrogen) atoms. The van der Waals surface area contributed by atoms with E-state index in [0.717, 1.165) is 0 Å². The van der Waals surface area contributed by atoms with E-state index < -0.39 is 47.4 Å². The lowest BCUT2D eigenvalue weighted by Gasteiger charge is -2.51. The van der Waals surface area contributed by atoms with Crippen molar-refractivity contribution in [3.05, 3.63) is 46.9 Å². The highest BCUT2D eigenvalue weighted by atomic mass is 79.9. The number of nitrogens with zero attached hydrogens (tertiary/aromatic N) is 3. The van der Waals surface area contributed by atoms with Crippen molar-refractivity contribution in [1.29, 1.82) is 0 Å². The quantitative estimate of drug-likeness (QED) is 0.175. The summed E-state index contributed by atoms with van der Waals surface area (Å²) < 4.78 is 26.0. The zero-order chi connectivity index (χ0) is 27.2. The van der Waals surface area contributed by atoms with E-state index in [2.05, 4.69) is 31.2 Å². The van der Waals surface area contributed by atoms with Crippen molar-refractivity contribution in [3.63, 3.8) is 0 Å². The second-order valence-electron chi connectivity index (χ2n) is 8.56. The monoisotopic (exact) mass is 586 g/mol. The summed E-state index contributed by atoms with van der Waals surface area (Å²) in [6.45, 7) is -0.295. The molecule has 13 nitrogen and oxygen atoms in total. The number of hydrogen-bond donors (Lipinski definition) is 8. The van der Waals surface area contributed by atoms with Crippen molar-refractivity contribution in [2.24, 2.45) is 5.92 Å². The lowest BCUT2D eigenvalue weighted by molar-refractivity contribution is -0.541. The van der Waals surface area contributed by atoms with Gasteiger partial charge in [0.15, 0.2) is 11.5 Å². The Labute approximate surface area is 217 Å². The molecule has 0 amide bonds. The van der Waals surface area contributed by atoms with Gasteiger partial charge in [0.25, 0.3) is 0 Å². The van der Waals surface area contributed by atoms with Crippen LogP contribution in [-0.2, 0) is 0 Å². The maximum atomic E-state index is 14.3.